The monoisotopic (exact) mass is 593 g/mol. The molecule has 210 valence electrons. The summed E-state index contributed by atoms with van der Waals surface area (Å²) < 4.78 is 10.9. The highest BCUT2D eigenvalue weighted by Crippen LogP contribution is 2.42. The van der Waals surface area contributed by atoms with Crippen molar-refractivity contribution in [1.82, 2.24) is 14.5 Å². The summed E-state index contributed by atoms with van der Waals surface area (Å²) in [5.74, 6) is 0.740. The maximum Gasteiger partial charge on any atom is 0.160 e. The molecular weight excluding hydrogens is 571 g/mol. The van der Waals surface area contributed by atoms with Crippen LogP contribution in [0.3, 0.4) is 0 Å². The molecule has 4 aromatic heterocycles. The standard InChI is InChI=1S/C40H23N3OS/c1-3-11-24(12-4-1)37-39-38(42-40(41-37)25-13-5-2-6-14-25)29-20-19-26(21-36(29)45-39)43-32-17-9-7-15-27(32)30-23-35-31(22-33(30)43)28-16-8-10-18-34(28)44-35/h1-23H. The van der Waals surface area contributed by atoms with Crippen molar-refractivity contribution >= 4 is 75.4 Å². The Kier molecular flexibility index (Phi) is 5.12. The molecule has 0 spiro atoms. The SMILES string of the molecule is c1ccc(-c2nc(-c3ccccc3)c3sc4cc(-n5c6ccccc6c6cc7oc8ccccc8c7cc65)ccc4c3n2)cc1. The van der Waals surface area contributed by atoms with Gasteiger partial charge in [-0.15, -0.1) is 11.3 Å². The Hall–Kier alpha value is -5.78. The van der Waals surface area contributed by atoms with Crippen LogP contribution in [0, 0.1) is 0 Å². The summed E-state index contributed by atoms with van der Waals surface area (Å²) >= 11 is 1.76. The molecule has 0 aliphatic carbocycles. The van der Waals surface area contributed by atoms with Crippen molar-refractivity contribution in [2.75, 3.05) is 0 Å². The summed E-state index contributed by atoms with van der Waals surface area (Å²) in [6.45, 7) is 0. The minimum Gasteiger partial charge on any atom is -0.456 e. The summed E-state index contributed by atoms with van der Waals surface area (Å²) in [6.07, 6.45) is 0. The van der Waals surface area contributed by atoms with E-state index in [1.807, 2.05) is 36.4 Å². The quantitative estimate of drug-likeness (QED) is 0.205. The highest BCUT2D eigenvalue weighted by Gasteiger charge is 2.19. The topological polar surface area (TPSA) is 43.9 Å². The molecule has 0 saturated carbocycles. The van der Waals surface area contributed by atoms with Crippen molar-refractivity contribution in [3.63, 3.8) is 0 Å². The average molecular weight is 594 g/mol. The van der Waals surface area contributed by atoms with Crippen LogP contribution in [0.4, 0.5) is 0 Å². The number of benzene rings is 6. The molecule has 0 fully saturated rings. The number of para-hydroxylation sites is 2. The fourth-order valence-electron chi connectivity index (χ4n) is 6.74. The second kappa shape index (κ2) is 9.36. The summed E-state index contributed by atoms with van der Waals surface area (Å²) in [5, 5.41) is 5.78. The predicted octanol–water partition coefficient (Wildman–Crippen LogP) is 11.2. The molecule has 0 radical (unpaired) electrons. The fraction of sp³-hybridized carbons (Fsp3) is 0. The van der Waals surface area contributed by atoms with Crippen molar-refractivity contribution in [3.8, 4) is 28.3 Å². The van der Waals surface area contributed by atoms with Crippen LogP contribution >= 0.6 is 11.3 Å². The van der Waals surface area contributed by atoms with Gasteiger partial charge in [-0.1, -0.05) is 97.1 Å². The number of hydrogen-bond donors (Lipinski definition) is 0. The molecule has 4 nitrogen and oxygen atoms in total. The maximum atomic E-state index is 6.28. The zero-order valence-electron chi connectivity index (χ0n) is 23.9. The Labute approximate surface area is 261 Å². The number of hydrogen-bond acceptors (Lipinski definition) is 4. The summed E-state index contributed by atoms with van der Waals surface area (Å²) in [7, 11) is 0. The molecule has 0 amide bonds. The molecule has 0 unspecified atom stereocenters. The predicted molar refractivity (Wildman–Crippen MR) is 187 cm³/mol. The van der Waals surface area contributed by atoms with Crippen molar-refractivity contribution in [1.29, 1.82) is 0 Å². The molecule has 0 saturated heterocycles. The van der Waals surface area contributed by atoms with Gasteiger partial charge in [-0.25, -0.2) is 9.97 Å². The Morgan fingerprint density at radius 1 is 0.511 bits per heavy atom. The van der Waals surface area contributed by atoms with Gasteiger partial charge in [0.25, 0.3) is 0 Å². The number of fused-ring (bicyclic) bond motifs is 9. The van der Waals surface area contributed by atoms with Gasteiger partial charge < -0.3 is 8.98 Å². The minimum atomic E-state index is 0.740. The van der Waals surface area contributed by atoms with Crippen LogP contribution in [0.15, 0.2) is 144 Å². The highest BCUT2D eigenvalue weighted by molar-refractivity contribution is 7.26. The molecular formula is C40H23N3OS. The first kappa shape index (κ1) is 24.6. The highest BCUT2D eigenvalue weighted by atomic mass is 32.1. The average Bonchev–Trinajstić information content (AvgIpc) is 3.76. The number of nitrogens with zero attached hydrogens (tertiary/aromatic N) is 3. The first-order valence-corrected chi connectivity index (χ1v) is 15.8. The van der Waals surface area contributed by atoms with Gasteiger partial charge in [0.15, 0.2) is 5.82 Å². The molecule has 0 aliphatic heterocycles. The second-order valence-corrected chi connectivity index (χ2v) is 12.5. The van der Waals surface area contributed by atoms with Crippen molar-refractivity contribution in [3.05, 3.63) is 140 Å². The molecule has 4 heterocycles. The molecule has 0 bridgehead atoms. The molecule has 0 N–H and O–H groups in total. The minimum absolute atomic E-state index is 0.740. The lowest BCUT2D eigenvalue weighted by molar-refractivity contribution is 0.669. The second-order valence-electron chi connectivity index (χ2n) is 11.4. The largest absolute Gasteiger partial charge is 0.456 e. The van der Waals surface area contributed by atoms with Gasteiger partial charge in [-0.05, 0) is 42.5 Å². The molecule has 45 heavy (non-hydrogen) atoms. The first-order valence-electron chi connectivity index (χ1n) is 15.0. The summed E-state index contributed by atoms with van der Waals surface area (Å²) in [6, 6.07) is 48.8. The molecule has 5 heteroatoms. The van der Waals surface area contributed by atoms with Gasteiger partial charge in [0.2, 0.25) is 0 Å². The zero-order chi connectivity index (χ0) is 29.5. The zero-order valence-corrected chi connectivity index (χ0v) is 24.8. The third-order valence-corrected chi connectivity index (χ3v) is 9.95. The molecule has 0 atom stereocenters. The van der Waals surface area contributed by atoms with E-state index >= 15 is 0 Å². The third kappa shape index (κ3) is 3.65. The van der Waals surface area contributed by atoms with Gasteiger partial charge in [-0.2, -0.15) is 0 Å². The maximum absolute atomic E-state index is 6.28. The van der Waals surface area contributed by atoms with E-state index in [2.05, 4.69) is 108 Å². The number of thiophene rings is 1. The van der Waals surface area contributed by atoms with Crippen molar-refractivity contribution < 1.29 is 4.42 Å². The van der Waals surface area contributed by atoms with Crippen LogP contribution in [-0.4, -0.2) is 14.5 Å². The summed E-state index contributed by atoms with van der Waals surface area (Å²) in [4.78, 5) is 10.3. The van der Waals surface area contributed by atoms with Gasteiger partial charge in [0.05, 0.1) is 26.9 Å². The van der Waals surface area contributed by atoms with E-state index in [0.717, 1.165) is 71.4 Å². The number of rotatable bonds is 3. The Bertz CT molecular complexity index is 2760. The van der Waals surface area contributed by atoms with E-state index in [0.29, 0.717) is 0 Å². The Balaban J connectivity index is 1.25. The van der Waals surface area contributed by atoms with E-state index in [1.54, 1.807) is 11.3 Å². The smallest absolute Gasteiger partial charge is 0.160 e. The van der Waals surface area contributed by atoms with E-state index in [4.69, 9.17) is 14.4 Å². The van der Waals surface area contributed by atoms with Crippen LogP contribution in [0.2, 0.25) is 0 Å². The van der Waals surface area contributed by atoms with E-state index < -0.39 is 0 Å². The van der Waals surface area contributed by atoms with Gasteiger partial charge in [-0.3, -0.25) is 0 Å². The fourth-order valence-corrected chi connectivity index (χ4v) is 7.93. The number of furan rings is 1. The van der Waals surface area contributed by atoms with Crippen LogP contribution < -0.4 is 0 Å². The van der Waals surface area contributed by atoms with Crippen LogP contribution in [0.5, 0.6) is 0 Å². The van der Waals surface area contributed by atoms with Gasteiger partial charge in [0.1, 0.15) is 11.2 Å². The van der Waals surface area contributed by atoms with Crippen molar-refractivity contribution in [2.24, 2.45) is 0 Å². The molecule has 6 aromatic carbocycles. The van der Waals surface area contributed by atoms with Crippen LogP contribution in [-0.2, 0) is 0 Å². The Morgan fingerprint density at radius 2 is 1.24 bits per heavy atom. The van der Waals surface area contributed by atoms with E-state index in [-0.39, 0.29) is 0 Å². The van der Waals surface area contributed by atoms with E-state index in [1.165, 1.54) is 21.0 Å². The van der Waals surface area contributed by atoms with E-state index in [9.17, 15) is 0 Å². The third-order valence-electron chi connectivity index (χ3n) is 8.81. The molecule has 10 aromatic rings. The van der Waals surface area contributed by atoms with Gasteiger partial charge in [0, 0.05) is 48.4 Å². The number of aromatic nitrogens is 3. The first-order chi connectivity index (χ1) is 22.3. The van der Waals surface area contributed by atoms with Crippen LogP contribution in [0.1, 0.15) is 0 Å². The lowest BCUT2D eigenvalue weighted by Crippen LogP contribution is -1.94. The normalized spacial score (nSPS) is 12.0. The lowest BCUT2D eigenvalue weighted by atomic mass is 10.1. The molecule has 10 rings (SSSR count). The van der Waals surface area contributed by atoms with Gasteiger partial charge >= 0.3 is 0 Å². The van der Waals surface area contributed by atoms with Crippen molar-refractivity contribution in [2.45, 2.75) is 0 Å². The molecule has 0 aliphatic rings. The van der Waals surface area contributed by atoms with Crippen LogP contribution in [0.25, 0.3) is 92.4 Å². The Morgan fingerprint density at radius 3 is 2.09 bits per heavy atom. The summed E-state index contributed by atoms with van der Waals surface area (Å²) in [5.41, 5.74) is 9.32. The lowest BCUT2D eigenvalue weighted by Gasteiger charge is -2.08.